The van der Waals surface area contributed by atoms with Crippen LogP contribution in [0.4, 0.5) is 13.2 Å². The molecule has 2 aliphatic rings. The molecular weight excluding hydrogens is 495 g/mol. The van der Waals surface area contributed by atoms with E-state index in [0.29, 0.717) is 18.9 Å². The van der Waals surface area contributed by atoms with Crippen LogP contribution in [-0.4, -0.2) is 58.5 Å². The molecule has 8 nitrogen and oxygen atoms in total. The van der Waals surface area contributed by atoms with Crippen molar-refractivity contribution >= 4 is 26.0 Å². The quantitative estimate of drug-likeness (QED) is 0.540. The van der Waals surface area contributed by atoms with Crippen molar-refractivity contribution in [2.45, 2.75) is 56.3 Å². The van der Waals surface area contributed by atoms with Crippen LogP contribution in [0.3, 0.4) is 0 Å². The first-order valence-corrected chi connectivity index (χ1v) is 14.3. The molecule has 0 radical (unpaired) electrons. The van der Waals surface area contributed by atoms with Gasteiger partial charge in [-0.3, -0.25) is 4.79 Å². The third kappa shape index (κ3) is 6.29. The Bertz CT molecular complexity index is 1120. The summed E-state index contributed by atoms with van der Waals surface area (Å²) in [6, 6.07) is 2.83. The van der Waals surface area contributed by atoms with Gasteiger partial charge in [0.1, 0.15) is 0 Å². The molecule has 192 valence electrons. The first-order valence-electron chi connectivity index (χ1n) is 11.0. The van der Waals surface area contributed by atoms with Crippen molar-refractivity contribution in [1.82, 2.24) is 14.3 Å². The minimum absolute atomic E-state index is 0.0130. The number of sulfonamides is 2. The van der Waals surface area contributed by atoms with Crippen LogP contribution in [0.15, 0.2) is 29.2 Å². The fraction of sp³-hybridized carbons (Fsp3) is 0.667. The zero-order valence-corrected chi connectivity index (χ0v) is 20.8. The minimum atomic E-state index is -4.65. The van der Waals surface area contributed by atoms with Crippen LogP contribution in [0.5, 0.6) is 0 Å². The van der Waals surface area contributed by atoms with Crippen LogP contribution in [0.1, 0.15) is 38.7 Å². The van der Waals surface area contributed by atoms with E-state index in [4.69, 9.17) is 0 Å². The van der Waals surface area contributed by atoms with E-state index in [9.17, 15) is 34.8 Å². The van der Waals surface area contributed by atoms with Crippen LogP contribution >= 0.6 is 0 Å². The van der Waals surface area contributed by atoms with Gasteiger partial charge in [0, 0.05) is 31.6 Å². The average Bonchev–Trinajstić information content (AvgIpc) is 3.28. The van der Waals surface area contributed by atoms with Crippen molar-refractivity contribution in [2.75, 3.05) is 19.3 Å². The maximum Gasteiger partial charge on any atom is 0.416 e. The number of nitrogens with zero attached hydrogens (tertiary/aromatic N) is 1. The number of benzene rings is 1. The number of carbonyl (C=O) groups is 1. The topological polar surface area (TPSA) is 113 Å². The fourth-order valence-electron chi connectivity index (χ4n) is 4.74. The Kier molecular flexibility index (Phi) is 7.71. The van der Waals surface area contributed by atoms with E-state index >= 15 is 0 Å². The van der Waals surface area contributed by atoms with Crippen LogP contribution in [0.25, 0.3) is 0 Å². The average molecular weight is 526 g/mol. The smallest absolute Gasteiger partial charge is 0.353 e. The van der Waals surface area contributed by atoms with Gasteiger partial charge in [0.15, 0.2) is 0 Å². The molecule has 34 heavy (non-hydrogen) atoms. The van der Waals surface area contributed by atoms with Gasteiger partial charge in [-0.05, 0) is 48.8 Å². The monoisotopic (exact) mass is 525 g/mol. The van der Waals surface area contributed by atoms with Crippen molar-refractivity contribution in [3.8, 4) is 0 Å². The second-order valence-electron chi connectivity index (χ2n) is 9.47. The zero-order chi connectivity index (χ0) is 25.5. The summed E-state index contributed by atoms with van der Waals surface area (Å²) >= 11 is 0. The van der Waals surface area contributed by atoms with Gasteiger partial charge in [-0.2, -0.15) is 17.5 Å². The van der Waals surface area contributed by atoms with Crippen molar-refractivity contribution in [3.05, 3.63) is 29.8 Å². The first-order chi connectivity index (χ1) is 15.6. The Morgan fingerprint density at radius 1 is 1.15 bits per heavy atom. The molecule has 1 aliphatic carbocycles. The van der Waals surface area contributed by atoms with E-state index in [1.54, 1.807) is 13.8 Å². The Morgan fingerprint density at radius 3 is 2.41 bits per heavy atom. The van der Waals surface area contributed by atoms with Crippen molar-refractivity contribution in [1.29, 1.82) is 0 Å². The lowest BCUT2D eigenvalue weighted by molar-refractivity contribution is -0.137. The number of alkyl halides is 3. The summed E-state index contributed by atoms with van der Waals surface area (Å²) in [6.07, 6.45) is -2.34. The Hall–Kier alpha value is -1.70. The van der Waals surface area contributed by atoms with E-state index in [1.807, 2.05) is 0 Å². The molecule has 13 heteroatoms. The van der Waals surface area contributed by atoms with Gasteiger partial charge < -0.3 is 5.32 Å². The van der Waals surface area contributed by atoms with Crippen LogP contribution < -0.4 is 10.0 Å². The molecule has 4 atom stereocenters. The Labute approximate surface area is 198 Å². The number of carbonyl (C=O) groups excluding carboxylic acids is 1. The van der Waals surface area contributed by atoms with Crippen LogP contribution in [0, 0.1) is 17.8 Å². The molecule has 2 fully saturated rings. The maximum atomic E-state index is 13.0. The van der Waals surface area contributed by atoms with Gasteiger partial charge in [0.05, 0.1) is 16.7 Å². The molecule has 1 aliphatic heterocycles. The number of rotatable bonds is 8. The van der Waals surface area contributed by atoms with Crippen molar-refractivity contribution < 1.29 is 34.8 Å². The Balaban J connectivity index is 1.67. The summed E-state index contributed by atoms with van der Waals surface area (Å²) in [5, 5.41) is 2.92. The van der Waals surface area contributed by atoms with E-state index < -0.39 is 42.7 Å². The van der Waals surface area contributed by atoms with Crippen molar-refractivity contribution in [3.63, 3.8) is 0 Å². The molecule has 1 amide bonds. The van der Waals surface area contributed by atoms with Crippen LogP contribution in [-0.2, 0) is 31.0 Å². The lowest BCUT2D eigenvalue weighted by atomic mass is 9.97. The van der Waals surface area contributed by atoms with E-state index in [2.05, 4.69) is 10.0 Å². The summed E-state index contributed by atoms with van der Waals surface area (Å²) < 4.78 is 92.0. The number of halogens is 3. The van der Waals surface area contributed by atoms with Gasteiger partial charge in [0.2, 0.25) is 26.0 Å². The molecule has 0 bridgehead atoms. The number of fused-ring (bicyclic) bond motifs is 1. The molecule has 3 rings (SSSR count). The van der Waals surface area contributed by atoms with E-state index in [1.165, 1.54) is 4.31 Å². The summed E-state index contributed by atoms with van der Waals surface area (Å²) in [5.74, 6) is -0.623. The molecule has 1 aromatic carbocycles. The predicted molar refractivity (Wildman–Crippen MR) is 120 cm³/mol. The summed E-state index contributed by atoms with van der Waals surface area (Å²) in [5.41, 5.74) is -1.03. The number of hydrogen-bond donors (Lipinski definition) is 2. The fourth-order valence-corrected chi connectivity index (χ4v) is 7.22. The van der Waals surface area contributed by atoms with Gasteiger partial charge in [0.25, 0.3) is 0 Å². The molecular formula is C21H30F3N3O5S2. The highest BCUT2D eigenvalue weighted by molar-refractivity contribution is 7.89. The SMILES string of the molecule is CC(C)[C@@H](CC(=O)N[C@H]1CC[C@@H]2CN(S(=O)(=O)c3cccc(C(F)(F)F)c3)C[C@@H]21)NS(C)(=O)=O. The molecule has 1 aromatic rings. The molecule has 0 spiro atoms. The molecule has 0 aromatic heterocycles. The number of hydrogen-bond acceptors (Lipinski definition) is 5. The summed E-state index contributed by atoms with van der Waals surface area (Å²) in [6.45, 7) is 3.88. The minimum Gasteiger partial charge on any atom is -0.353 e. The molecule has 0 unspecified atom stereocenters. The van der Waals surface area contributed by atoms with Crippen molar-refractivity contribution in [2.24, 2.45) is 17.8 Å². The number of nitrogens with one attached hydrogen (secondary N) is 2. The highest BCUT2D eigenvalue weighted by atomic mass is 32.2. The van der Waals surface area contributed by atoms with E-state index in [0.717, 1.165) is 24.5 Å². The highest BCUT2D eigenvalue weighted by Crippen LogP contribution is 2.40. The van der Waals surface area contributed by atoms with Gasteiger partial charge in [-0.1, -0.05) is 19.9 Å². The molecule has 1 saturated carbocycles. The largest absolute Gasteiger partial charge is 0.416 e. The standard InChI is InChI=1S/C21H30F3N3O5S2/c1-13(2)19(26-33(3,29)30)10-20(28)25-18-8-7-14-11-27(12-17(14)18)34(31,32)16-6-4-5-15(9-16)21(22,23)24/h4-6,9,13-14,17-19,26H,7-8,10-12H2,1-3H3,(H,25,28)/t14-,17+,18+,19-/m1/s1. The highest BCUT2D eigenvalue weighted by Gasteiger charge is 2.47. The van der Waals surface area contributed by atoms with Crippen LogP contribution in [0.2, 0.25) is 0 Å². The third-order valence-electron chi connectivity index (χ3n) is 6.54. The molecule has 2 N–H and O–H groups in total. The first kappa shape index (κ1) is 26.9. The second kappa shape index (κ2) is 9.75. The lowest BCUT2D eigenvalue weighted by Crippen LogP contribution is -2.45. The van der Waals surface area contributed by atoms with Gasteiger partial charge in [-0.25, -0.2) is 21.6 Å². The van der Waals surface area contributed by atoms with Gasteiger partial charge in [-0.15, -0.1) is 0 Å². The summed E-state index contributed by atoms with van der Waals surface area (Å²) in [7, 11) is -7.61. The zero-order valence-electron chi connectivity index (χ0n) is 19.2. The van der Waals surface area contributed by atoms with E-state index in [-0.39, 0.29) is 49.2 Å². The second-order valence-corrected chi connectivity index (χ2v) is 13.2. The molecule has 1 heterocycles. The normalized spacial score (nSPS) is 24.9. The Morgan fingerprint density at radius 2 is 1.82 bits per heavy atom. The molecule has 1 saturated heterocycles. The maximum absolute atomic E-state index is 13.0. The third-order valence-corrected chi connectivity index (χ3v) is 9.10. The summed E-state index contributed by atoms with van der Waals surface area (Å²) in [4.78, 5) is 12.2. The lowest BCUT2D eigenvalue weighted by Gasteiger charge is -2.24. The predicted octanol–water partition coefficient (Wildman–Crippen LogP) is 2.18. The van der Waals surface area contributed by atoms with Gasteiger partial charge >= 0.3 is 6.18 Å². The number of amides is 1.